The Morgan fingerprint density at radius 2 is 1.76 bits per heavy atom. The quantitative estimate of drug-likeness (QED) is 0.720. The standard InChI is InChI=1S/C16H33N/c1-5-15-6-8-16(12-17,9-7-15)11-14(4)10-13(2)3/h13-15H,5-12,17H2,1-4H3. The largest absolute Gasteiger partial charge is 0.330 e. The summed E-state index contributed by atoms with van der Waals surface area (Å²) in [5, 5.41) is 0. The lowest BCUT2D eigenvalue weighted by Gasteiger charge is -2.41. The molecule has 1 saturated carbocycles. The summed E-state index contributed by atoms with van der Waals surface area (Å²) in [6, 6.07) is 0. The monoisotopic (exact) mass is 239 g/mol. The van der Waals surface area contributed by atoms with Crippen molar-refractivity contribution in [1.29, 1.82) is 0 Å². The second-order valence-corrected chi connectivity index (χ2v) is 6.99. The lowest BCUT2D eigenvalue weighted by Crippen LogP contribution is -2.36. The van der Waals surface area contributed by atoms with Gasteiger partial charge in [0.25, 0.3) is 0 Å². The van der Waals surface area contributed by atoms with E-state index in [9.17, 15) is 0 Å². The van der Waals surface area contributed by atoms with Gasteiger partial charge in [-0.15, -0.1) is 0 Å². The highest BCUT2D eigenvalue weighted by Crippen LogP contribution is 2.44. The van der Waals surface area contributed by atoms with E-state index in [0.29, 0.717) is 5.41 Å². The number of nitrogens with two attached hydrogens (primary N) is 1. The number of rotatable bonds is 6. The molecular weight excluding hydrogens is 206 g/mol. The van der Waals surface area contributed by atoms with Crippen LogP contribution < -0.4 is 5.73 Å². The first-order valence-corrected chi connectivity index (χ1v) is 7.71. The van der Waals surface area contributed by atoms with Crippen molar-refractivity contribution in [3.8, 4) is 0 Å². The highest BCUT2D eigenvalue weighted by atomic mass is 14.6. The Balaban J connectivity index is 2.47. The summed E-state index contributed by atoms with van der Waals surface area (Å²) in [7, 11) is 0. The van der Waals surface area contributed by atoms with E-state index in [1.54, 1.807) is 0 Å². The van der Waals surface area contributed by atoms with Gasteiger partial charge in [-0.2, -0.15) is 0 Å². The van der Waals surface area contributed by atoms with Gasteiger partial charge in [-0.25, -0.2) is 0 Å². The second-order valence-electron chi connectivity index (χ2n) is 6.99. The Labute approximate surface area is 109 Å². The molecule has 1 fully saturated rings. The maximum absolute atomic E-state index is 6.10. The van der Waals surface area contributed by atoms with E-state index in [0.717, 1.165) is 24.3 Å². The molecule has 1 atom stereocenters. The molecule has 1 unspecified atom stereocenters. The van der Waals surface area contributed by atoms with E-state index in [1.165, 1.54) is 44.9 Å². The molecule has 0 aromatic heterocycles. The average molecular weight is 239 g/mol. The van der Waals surface area contributed by atoms with Gasteiger partial charge >= 0.3 is 0 Å². The molecule has 0 saturated heterocycles. The molecule has 1 rings (SSSR count). The van der Waals surface area contributed by atoms with Crippen LogP contribution in [0.4, 0.5) is 0 Å². The normalized spacial score (nSPS) is 31.8. The van der Waals surface area contributed by atoms with E-state index < -0.39 is 0 Å². The van der Waals surface area contributed by atoms with E-state index >= 15 is 0 Å². The summed E-state index contributed by atoms with van der Waals surface area (Å²) in [6.45, 7) is 10.3. The van der Waals surface area contributed by atoms with Crippen molar-refractivity contribution in [3.63, 3.8) is 0 Å². The van der Waals surface area contributed by atoms with Crippen LogP contribution in [0.5, 0.6) is 0 Å². The van der Waals surface area contributed by atoms with Gasteiger partial charge in [0.1, 0.15) is 0 Å². The highest BCUT2D eigenvalue weighted by molar-refractivity contribution is 4.87. The zero-order valence-corrected chi connectivity index (χ0v) is 12.5. The summed E-state index contributed by atoms with van der Waals surface area (Å²) in [5.41, 5.74) is 6.59. The molecule has 1 aliphatic carbocycles. The zero-order chi connectivity index (χ0) is 12.9. The predicted molar refractivity (Wildman–Crippen MR) is 77.0 cm³/mol. The first-order chi connectivity index (χ1) is 8.01. The first kappa shape index (κ1) is 15.0. The maximum atomic E-state index is 6.10. The van der Waals surface area contributed by atoms with Gasteiger partial charge in [0.2, 0.25) is 0 Å². The van der Waals surface area contributed by atoms with Crippen molar-refractivity contribution in [2.45, 2.75) is 72.6 Å². The fourth-order valence-corrected chi connectivity index (χ4v) is 3.82. The van der Waals surface area contributed by atoms with Gasteiger partial charge in [0.05, 0.1) is 0 Å². The third kappa shape index (κ3) is 4.62. The second kappa shape index (κ2) is 6.78. The van der Waals surface area contributed by atoms with Gasteiger partial charge < -0.3 is 5.73 Å². The van der Waals surface area contributed by atoms with Crippen LogP contribution >= 0.6 is 0 Å². The molecular formula is C16H33N. The number of hydrogen-bond donors (Lipinski definition) is 1. The molecule has 0 bridgehead atoms. The van der Waals surface area contributed by atoms with E-state index in [4.69, 9.17) is 5.73 Å². The Bertz CT molecular complexity index is 202. The summed E-state index contributed by atoms with van der Waals surface area (Å²) in [4.78, 5) is 0. The fourth-order valence-electron chi connectivity index (χ4n) is 3.82. The summed E-state index contributed by atoms with van der Waals surface area (Å²) in [5.74, 6) is 2.65. The molecule has 0 aromatic carbocycles. The number of hydrogen-bond acceptors (Lipinski definition) is 1. The molecule has 0 aliphatic heterocycles. The minimum absolute atomic E-state index is 0.486. The van der Waals surface area contributed by atoms with Gasteiger partial charge in [-0.05, 0) is 68.2 Å². The van der Waals surface area contributed by atoms with Crippen LogP contribution in [0.25, 0.3) is 0 Å². The van der Waals surface area contributed by atoms with E-state index in [2.05, 4.69) is 27.7 Å². The minimum atomic E-state index is 0.486. The molecule has 1 heteroatoms. The SMILES string of the molecule is CCC1CCC(CN)(CC(C)CC(C)C)CC1. The third-order valence-electron chi connectivity index (χ3n) is 4.83. The topological polar surface area (TPSA) is 26.0 Å². The van der Waals surface area contributed by atoms with Crippen LogP contribution in [0.1, 0.15) is 72.6 Å². The summed E-state index contributed by atoms with van der Waals surface area (Å²) >= 11 is 0. The van der Waals surface area contributed by atoms with Crippen LogP contribution in [0.15, 0.2) is 0 Å². The highest BCUT2D eigenvalue weighted by Gasteiger charge is 2.34. The Morgan fingerprint density at radius 1 is 1.18 bits per heavy atom. The Morgan fingerprint density at radius 3 is 2.18 bits per heavy atom. The maximum Gasteiger partial charge on any atom is -0.00204 e. The summed E-state index contributed by atoms with van der Waals surface area (Å²) < 4.78 is 0. The van der Waals surface area contributed by atoms with Crippen LogP contribution in [0.3, 0.4) is 0 Å². The summed E-state index contributed by atoms with van der Waals surface area (Å²) in [6.07, 6.45) is 9.68. The smallest absolute Gasteiger partial charge is 0.00204 e. The molecule has 1 nitrogen and oxygen atoms in total. The van der Waals surface area contributed by atoms with Crippen molar-refractivity contribution in [2.24, 2.45) is 28.9 Å². The molecule has 102 valence electrons. The molecule has 0 heterocycles. The van der Waals surface area contributed by atoms with E-state index in [1.807, 2.05) is 0 Å². The van der Waals surface area contributed by atoms with Crippen molar-refractivity contribution >= 4 is 0 Å². The molecule has 0 amide bonds. The van der Waals surface area contributed by atoms with Crippen molar-refractivity contribution in [2.75, 3.05) is 6.54 Å². The van der Waals surface area contributed by atoms with Crippen LogP contribution in [0.2, 0.25) is 0 Å². The molecule has 1 aliphatic rings. The van der Waals surface area contributed by atoms with Gasteiger partial charge in [-0.1, -0.05) is 34.1 Å². The van der Waals surface area contributed by atoms with Gasteiger partial charge in [0.15, 0.2) is 0 Å². The van der Waals surface area contributed by atoms with Crippen molar-refractivity contribution < 1.29 is 0 Å². The molecule has 0 radical (unpaired) electrons. The fraction of sp³-hybridized carbons (Fsp3) is 1.00. The van der Waals surface area contributed by atoms with Gasteiger partial charge in [0, 0.05) is 0 Å². The Kier molecular flexibility index (Phi) is 5.99. The van der Waals surface area contributed by atoms with Crippen LogP contribution in [-0.4, -0.2) is 6.54 Å². The minimum Gasteiger partial charge on any atom is -0.330 e. The van der Waals surface area contributed by atoms with Crippen molar-refractivity contribution in [1.82, 2.24) is 0 Å². The van der Waals surface area contributed by atoms with Crippen LogP contribution in [-0.2, 0) is 0 Å². The van der Waals surface area contributed by atoms with E-state index in [-0.39, 0.29) is 0 Å². The molecule has 0 aromatic rings. The predicted octanol–water partition coefficient (Wildman–Crippen LogP) is 4.60. The van der Waals surface area contributed by atoms with Crippen molar-refractivity contribution in [3.05, 3.63) is 0 Å². The third-order valence-corrected chi connectivity index (χ3v) is 4.83. The average Bonchev–Trinajstić information content (AvgIpc) is 2.29. The molecule has 0 spiro atoms. The van der Waals surface area contributed by atoms with Crippen LogP contribution in [0, 0.1) is 23.2 Å². The zero-order valence-electron chi connectivity index (χ0n) is 12.5. The lowest BCUT2D eigenvalue weighted by molar-refractivity contribution is 0.116. The molecule has 2 N–H and O–H groups in total. The Hall–Kier alpha value is -0.0400. The van der Waals surface area contributed by atoms with Gasteiger partial charge in [-0.3, -0.25) is 0 Å². The molecule has 17 heavy (non-hydrogen) atoms. The lowest BCUT2D eigenvalue weighted by atomic mass is 9.65. The first-order valence-electron chi connectivity index (χ1n) is 7.71.